The molecule has 0 aliphatic heterocycles. The molecule has 7 nitrogen and oxygen atoms in total. The number of aromatic nitrogens is 2. The maximum Gasteiger partial charge on any atom is 0.292 e. The van der Waals surface area contributed by atoms with Gasteiger partial charge in [-0.15, -0.1) is 0 Å². The Morgan fingerprint density at radius 3 is 2.53 bits per heavy atom. The second kappa shape index (κ2) is 8.66. The molecule has 0 unspecified atom stereocenters. The number of amides is 1. The molecule has 0 aliphatic rings. The zero-order chi connectivity index (χ0) is 22.7. The first-order chi connectivity index (χ1) is 15.5. The number of fused-ring (bicyclic) bond motifs is 1. The summed E-state index contributed by atoms with van der Waals surface area (Å²) in [5.41, 5.74) is 4.22. The lowest BCUT2D eigenvalue weighted by molar-refractivity contribution is 0.0947. The molecule has 0 radical (unpaired) electrons. The summed E-state index contributed by atoms with van der Waals surface area (Å²) in [6.07, 6.45) is 1.55. The van der Waals surface area contributed by atoms with Crippen molar-refractivity contribution in [1.82, 2.24) is 15.2 Å². The lowest BCUT2D eigenvalue weighted by Gasteiger charge is -2.10. The highest BCUT2D eigenvalue weighted by atomic mass is 16.2. The van der Waals surface area contributed by atoms with Crippen molar-refractivity contribution in [3.63, 3.8) is 0 Å². The van der Waals surface area contributed by atoms with Crippen LogP contribution in [0.1, 0.15) is 32.7 Å². The van der Waals surface area contributed by atoms with Gasteiger partial charge in [-0.2, -0.15) is 20.1 Å². The van der Waals surface area contributed by atoms with Crippen LogP contribution >= 0.6 is 0 Å². The second-order valence-corrected chi connectivity index (χ2v) is 7.28. The summed E-state index contributed by atoms with van der Waals surface area (Å²) < 4.78 is 1.06. The van der Waals surface area contributed by atoms with Gasteiger partial charge in [0, 0.05) is 11.1 Å². The molecule has 7 heteroatoms. The highest BCUT2D eigenvalue weighted by Crippen LogP contribution is 2.17. The molecule has 0 bridgehead atoms. The number of nitrogens with zero attached hydrogens (tertiary/aromatic N) is 4. The minimum absolute atomic E-state index is 0.0446. The van der Waals surface area contributed by atoms with Crippen LogP contribution in [0.4, 0.5) is 0 Å². The molecule has 1 heterocycles. The molecule has 0 saturated carbocycles. The van der Waals surface area contributed by atoms with Crippen molar-refractivity contribution in [2.75, 3.05) is 0 Å². The number of hydrazone groups is 1. The van der Waals surface area contributed by atoms with Crippen LogP contribution < -0.4 is 11.0 Å². The SMILES string of the molecule is Cc1ccc(-n2nc(C(=O)N/N=C/c3cccc4ccccc34)c(C)c(C#N)c2=O)cc1. The van der Waals surface area contributed by atoms with E-state index in [0.717, 1.165) is 26.6 Å². The van der Waals surface area contributed by atoms with Crippen molar-refractivity contribution in [1.29, 1.82) is 5.26 Å². The molecule has 1 aromatic heterocycles. The van der Waals surface area contributed by atoms with E-state index in [4.69, 9.17) is 0 Å². The first kappa shape index (κ1) is 20.7. The third-order valence-corrected chi connectivity index (χ3v) is 5.13. The van der Waals surface area contributed by atoms with Gasteiger partial charge in [-0.05, 0) is 36.8 Å². The molecule has 4 rings (SSSR count). The zero-order valence-corrected chi connectivity index (χ0v) is 17.5. The van der Waals surface area contributed by atoms with Gasteiger partial charge in [0.2, 0.25) is 0 Å². The van der Waals surface area contributed by atoms with Gasteiger partial charge in [0.05, 0.1) is 11.9 Å². The van der Waals surface area contributed by atoms with Crippen molar-refractivity contribution in [3.8, 4) is 11.8 Å². The fraction of sp³-hybridized carbons (Fsp3) is 0.0800. The summed E-state index contributed by atoms with van der Waals surface area (Å²) >= 11 is 0. The molecule has 1 N–H and O–H groups in total. The Hall–Kier alpha value is -4.57. The van der Waals surface area contributed by atoms with Gasteiger partial charge in [-0.1, -0.05) is 60.2 Å². The van der Waals surface area contributed by atoms with E-state index in [2.05, 4.69) is 15.6 Å². The van der Waals surface area contributed by atoms with Gasteiger partial charge in [0.25, 0.3) is 11.5 Å². The number of nitrogens with one attached hydrogen (secondary N) is 1. The van der Waals surface area contributed by atoms with Crippen molar-refractivity contribution < 1.29 is 4.79 Å². The second-order valence-electron chi connectivity index (χ2n) is 7.28. The molecule has 0 fully saturated rings. The Kier molecular flexibility index (Phi) is 5.60. The highest BCUT2D eigenvalue weighted by Gasteiger charge is 2.20. The van der Waals surface area contributed by atoms with Crippen molar-refractivity contribution in [2.45, 2.75) is 13.8 Å². The lowest BCUT2D eigenvalue weighted by atomic mass is 10.1. The van der Waals surface area contributed by atoms with Crippen LogP contribution in [0.25, 0.3) is 16.5 Å². The summed E-state index contributed by atoms with van der Waals surface area (Å²) in [5.74, 6) is -0.614. The topological polar surface area (TPSA) is 100 Å². The van der Waals surface area contributed by atoms with Crippen LogP contribution in [0.3, 0.4) is 0 Å². The van der Waals surface area contributed by atoms with E-state index in [9.17, 15) is 14.9 Å². The zero-order valence-electron chi connectivity index (χ0n) is 17.5. The Morgan fingerprint density at radius 1 is 1.06 bits per heavy atom. The van der Waals surface area contributed by atoms with Crippen molar-refractivity contribution in [2.24, 2.45) is 5.10 Å². The van der Waals surface area contributed by atoms with E-state index >= 15 is 0 Å². The summed E-state index contributed by atoms with van der Waals surface area (Å²) in [6.45, 7) is 3.44. The smallest absolute Gasteiger partial charge is 0.266 e. The quantitative estimate of drug-likeness (QED) is 0.402. The third-order valence-electron chi connectivity index (χ3n) is 5.13. The first-order valence-electron chi connectivity index (χ1n) is 9.92. The molecule has 32 heavy (non-hydrogen) atoms. The number of rotatable bonds is 4. The fourth-order valence-electron chi connectivity index (χ4n) is 3.39. The summed E-state index contributed by atoms with van der Waals surface area (Å²) in [6, 6.07) is 22.6. The van der Waals surface area contributed by atoms with E-state index in [1.807, 2.05) is 67.6 Å². The van der Waals surface area contributed by atoms with E-state index < -0.39 is 11.5 Å². The third kappa shape index (κ3) is 3.89. The fourth-order valence-corrected chi connectivity index (χ4v) is 3.39. The Morgan fingerprint density at radius 2 is 1.78 bits per heavy atom. The maximum atomic E-state index is 12.8. The number of hydrogen-bond acceptors (Lipinski definition) is 5. The van der Waals surface area contributed by atoms with Gasteiger partial charge in [-0.25, -0.2) is 5.43 Å². The maximum absolute atomic E-state index is 12.8. The van der Waals surface area contributed by atoms with E-state index in [-0.39, 0.29) is 16.8 Å². The van der Waals surface area contributed by atoms with Crippen LogP contribution in [-0.2, 0) is 0 Å². The van der Waals surface area contributed by atoms with E-state index in [0.29, 0.717) is 5.69 Å². The minimum atomic E-state index is -0.614. The summed E-state index contributed by atoms with van der Waals surface area (Å²) in [5, 5.41) is 19.8. The average Bonchev–Trinajstić information content (AvgIpc) is 2.80. The predicted molar refractivity (Wildman–Crippen MR) is 123 cm³/mol. The van der Waals surface area contributed by atoms with Gasteiger partial charge in [0.1, 0.15) is 11.6 Å². The van der Waals surface area contributed by atoms with Crippen LogP contribution in [0, 0.1) is 25.2 Å². The van der Waals surface area contributed by atoms with Gasteiger partial charge in [0.15, 0.2) is 5.69 Å². The highest BCUT2D eigenvalue weighted by molar-refractivity contribution is 6.00. The number of carbonyl (C=O) groups is 1. The normalized spacial score (nSPS) is 10.9. The first-order valence-corrected chi connectivity index (χ1v) is 9.92. The summed E-state index contributed by atoms with van der Waals surface area (Å²) in [4.78, 5) is 25.5. The predicted octanol–water partition coefficient (Wildman–Crippen LogP) is 3.64. The summed E-state index contributed by atoms with van der Waals surface area (Å²) in [7, 11) is 0. The van der Waals surface area contributed by atoms with Crippen LogP contribution in [0.2, 0.25) is 0 Å². The number of carbonyl (C=O) groups excluding carboxylic acids is 1. The standard InChI is InChI=1S/C25H19N5O2/c1-16-10-12-20(13-11-16)30-25(32)22(14-26)17(2)23(29-30)24(31)28-27-15-19-8-5-7-18-6-3-4-9-21(18)19/h3-13,15H,1-2H3,(H,28,31)/b27-15+. The average molecular weight is 421 g/mol. The van der Waals surface area contributed by atoms with Crippen LogP contribution in [-0.4, -0.2) is 21.9 Å². The molecule has 156 valence electrons. The molecule has 1 amide bonds. The van der Waals surface area contributed by atoms with Crippen molar-refractivity contribution >= 4 is 22.9 Å². The number of nitriles is 1. The Bertz CT molecular complexity index is 1460. The molecule has 0 saturated heterocycles. The minimum Gasteiger partial charge on any atom is -0.266 e. The largest absolute Gasteiger partial charge is 0.292 e. The number of hydrogen-bond donors (Lipinski definition) is 1. The Balaban J connectivity index is 1.68. The molecule has 0 aliphatic carbocycles. The van der Waals surface area contributed by atoms with Gasteiger partial charge in [-0.3, -0.25) is 9.59 Å². The van der Waals surface area contributed by atoms with E-state index in [1.54, 1.807) is 18.3 Å². The molecule has 0 spiro atoms. The molecular formula is C25H19N5O2. The van der Waals surface area contributed by atoms with Crippen LogP contribution in [0.5, 0.6) is 0 Å². The van der Waals surface area contributed by atoms with Crippen molar-refractivity contribution in [3.05, 3.63) is 105 Å². The van der Waals surface area contributed by atoms with Crippen LogP contribution in [0.15, 0.2) is 76.6 Å². The molecule has 4 aromatic rings. The van der Waals surface area contributed by atoms with Gasteiger partial charge < -0.3 is 0 Å². The van der Waals surface area contributed by atoms with E-state index in [1.165, 1.54) is 6.92 Å². The molecule has 3 aromatic carbocycles. The van der Waals surface area contributed by atoms with Gasteiger partial charge >= 0.3 is 0 Å². The molecular weight excluding hydrogens is 402 g/mol. The molecule has 0 atom stereocenters. The Labute approximate surface area is 184 Å². The number of benzene rings is 3. The lowest BCUT2D eigenvalue weighted by Crippen LogP contribution is -2.31. The number of aryl methyl sites for hydroxylation is 1. The monoisotopic (exact) mass is 421 g/mol.